The average Bonchev–Trinajstić information content (AvgIpc) is 2.79. The molecule has 108 valence electrons. The second-order valence-electron chi connectivity index (χ2n) is 4.26. The highest BCUT2D eigenvalue weighted by molar-refractivity contribution is 8.06. The van der Waals surface area contributed by atoms with Gasteiger partial charge in [0.1, 0.15) is 0 Å². The Labute approximate surface area is 121 Å². The third kappa shape index (κ3) is 3.66. The molecule has 1 aromatic heterocycles. The smallest absolute Gasteiger partial charge is 0.260 e. The molecule has 0 amide bonds. The number of aromatic amines is 1. The first-order valence-corrected chi connectivity index (χ1v) is 9.66. The van der Waals surface area contributed by atoms with E-state index in [2.05, 4.69) is 14.9 Å². The second kappa shape index (κ2) is 6.49. The van der Waals surface area contributed by atoms with Crippen LogP contribution in [0.4, 0.5) is 0 Å². The van der Waals surface area contributed by atoms with Crippen molar-refractivity contribution in [2.24, 2.45) is 5.73 Å². The number of aryl methyl sites for hydroxylation is 1. The predicted octanol–water partition coefficient (Wildman–Crippen LogP) is 0.304. The molecule has 0 bridgehead atoms. The lowest BCUT2D eigenvalue weighted by molar-refractivity contribution is 0.576. The van der Waals surface area contributed by atoms with Gasteiger partial charge in [-0.15, -0.1) is 0 Å². The van der Waals surface area contributed by atoms with Crippen molar-refractivity contribution >= 4 is 33.5 Å². The van der Waals surface area contributed by atoms with Gasteiger partial charge in [-0.25, -0.2) is 13.1 Å². The van der Waals surface area contributed by atoms with Crippen molar-refractivity contribution < 1.29 is 8.42 Å². The monoisotopic (exact) mass is 322 g/mol. The predicted molar refractivity (Wildman–Crippen MR) is 80.0 cm³/mol. The Morgan fingerprint density at radius 3 is 2.95 bits per heavy atom. The first-order chi connectivity index (χ1) is 9.04. The van der Waals surface area contributed by atoms with E-state index in [0.29, 0.717) is 23.1 Å². The number of hydrogen-bond acceptors (Lipinski definition) is 6. The van der Waals surface area contributed by atoms with Gasteiger partial charge in [0.25, 0.3) is 10.0 Å². The molecule has 6 nitrogen and oxygen atoms in total. The molecule has 0 aliphatic carbocycles. The van der Waals surface area contributed by atoms with Crippen molar-refractivity contribution in [1.82, 2.24) is 14.9 Å². The van der Waals surface area contributed by atoms with Gasteiger partial charge in [-0.1, -0.05) is 0 Å². The average molecular weight is 322 g/mol. The normalized spacial score (nSPS) is 20.6. The fraction of sp³-hybridized carbons (Fsp3) is 0.700. The molecule has 1 aromatic rings. The van der Waals surface area contributed by atoms with Crippen molar-refractivity contribution in [3.63, 3.8) is 0 Å². The van der Waals surface area contributed by atoms with E-state index >= 15 is 0 Å². The van der Waals surface area contributed by atoms with Crippen LogP contribution in [0, 0.1) is 6.92 Å². The van der Waals surface area contributed by atoms with E-state index in [0.717, 1.165) is 17.3 Å². The summed E-state index contributed by atoms with van der Waals surface area (Å²) in [7, 11) is -3.58. The van der Waals surface area contributed by atoms with Gasteiger partial charge in [-0.3, -0.25) is 5.10 Å². The Hall–Kier alpha value is -0.220. The van der Waals surface area contributed by atoms with Crippen LogP contribution in [0.15, 0.2) is 5.03 Å². The molecule has 9 heteroatoms. The maximum atomic E-state index is 12.2. The minimum atomic E-state index is -3.58. The molecule has 1 aliphatic heterocycles. The molecule has 2 rings (SSSR count). The number of rotatable bonds is 5. The van der Waals surface area contributed by atoms with Gasteiger partial charge in [0, 0.05) is 46.9 Å². The van der Waals surface area contributed by atoms with Crippen LogP contribution < -0.4 is 10.5 Å². The number of H-pyrrole nitrogens is 1. The molecule has 1 unspecified atom stereocenters. The van der Waals surface area contributed by atoms with Gasteiger partial charge in [0.05, 0.1) is 0 Å². The molecule has 2 heterocycles. The zero-order chi connectivity index (χ0) is 13.9. The lowest BCUT2D eigenvalue weighted by Gasteiger charge is -2.20. The molecule has 19 heavy (non-hydrogen) atoms. The van der Waals surface area contributed by atoms with Gasteiger partial charge < -0.3 is 5.73 Å². The fourth-order valence-electron chi connectivity index (χ4n) is 1.82. The van der Waals surface area contributed by atoms with Gasteiger partial charge >= 0.3 is 0 Å². The molecule has 0 aromatic carbocycles. The maximum Gasteiger partial charge on any atom is 0.260 e. The van der Waals surface area contributed by atoms with E-state index in [1.807, 2.05) is 23.5 Å². The molecule has 1 fully saturated rings. The Morgan fingerprint density at radius 2 is 2.32 bits per heavy atom. The minimum Gasteiger partial charge on any atom is -0.326 e. The third-order valence-electron chi connectivity index (χ3n) is 2.88. The van der Waals surface area contributed by atoms with Crippen molar-refractivity contribution in [2.75, 3.05) is 23.8 Å². The lowest BCUT2D eigenvalue weighted by Crippen LogP contribution is -2.34. The first-order valence-electron chi connectivity index (χ1n) is 5.97. The molecule has 1 aliphatic rings. The standard InChI is InChI=1S/C10H18N4O2S3/c1-7-9(4-11)10(14-13-7)19(15,16)12-5-8-6-17-2-3-18-8/h8,12H,2-6,11H2,1H3,(H,13,14). The second-order valence-corrected chi connectivity index (χ2v) is 8.50. The molecule has 0 spiro atoms. The summed E-state index contributed by atoms with van der Waals surface area (Å²) in [4.78, 5) is 0. The van der Waals surface area contributed by atoms with Crippen molar-refractivity contribution in [3.8, 4) is 0 Å². The summed E-state index contributed by atoms with van der Waals surface area (Å²) < 4.78 is 27.0. The van der Waals surface area contributed by atoms with E-state index in [1.54, 1.807) is 6.92 Å². The summed E-state index contributed by atoms with van der Waals surface area (Å²) in [5.41, 5.74) is 6.83. The molecular weight excluding hydrogens is 304 g/mol. The summed E-state index contributed by atoms with van der Waals surface area (Å²) in [5.74, 6) is 3.20. The van der Waals surface area contributed by atoms with E-state index in [9.17, 15) is 8.42 Å². The minimum absolute atomic E-state index is 0.0287. The Kier molecular flexibility index (Phi) is 5.18. The molecule has 0 radical (unpaired) electrons. The van der Waals surface area contributed by atoms with Crippen molar-refractivity contribution in [3.05, 3.63) is 11.3 Å². The zero-order valence-electron chi connectivity index (χ0n) is 10.7. The number of nitrogens with zero attached hydrogens (tertiary/aromatic N) is 1. The maximum absolute atomic E-state index is 12.2. The number of thioether (sulfide) groups is 2. The Bertz CT molecular complexity index is 523. The molecule has 4 N–H and O–H groups in total. The SMILES string of the molecule is Cc1[nH]nc(S(=O)(=O)NCC2CSCCS2)c1CN. The van der Waals surface area contributed by atoms with Crippen molar-refractivity contribution in [1.29, 1.82) is 0 Å². The van der Waals surface area contributed by atoms with Crippen LogP contribution in [-0.4, -0.2) is 47.7 Å². The summed E-state index contributed by atoms with van der Waals surface area (Å²) in [6, 6.07) is 0. The van der Waals surface area contributed by atoms with Crippen molar-refractivity contribution in [2.45, 2.75) is 23.7 Å². The van der Waals surface area contributed by atoms with Gasteiger partial charge in [0.2, 0.25) is 0 Å². The fourth-order valence-corrected chi connectivity index (χ4v) is 5.82. The number of aromatic nitrogens is 2. The quantitative estimate of drug-likeness (QED) is 0.721. The van der Waals surface area contributed by atoms with Crippen LogP contribution in [0.3, 0.4) is 0 Å². The highest BCUT2D eigenvalue weighted by Gasteiger charge is 2.24. The highest BCUT2D eigenvalue weighted by atomic mass is 32.2. The number of sulfonamides is 1. The van der Waals surface area contributed by atoms with Crippen LogP contribution >= 0.6 is 23.5 Å². The Balaban J connectivity index is 2.05. The van der Waals surface area contributed by atoms with Crippen LogP contribution in [0.1, 0.15) is 11.3 Å². The van der Waals surface area contributed by atoms with Crippen LogP contribution in [0.25, 0.3) is 0 Å². The largest absolute Gasteiger partial charge is 0.326 e. The number of hydrogen-bond donors (Lipinski definition) is 3. The van der Waals surface area contributed by atoms with E-state index in [4.69, 9.17) is 5.73 Å². The third-order valence-corrected chi connectivity index (χ3v) is 7.12. The first kappa shape index (κ1) is 15.2. The highest BCUT2D eigenvalue weighted by Crippen LogP contribution is 2.24. The molecular formula is C10H18N4O2S3. The van der Waals surface area contributed by atoms with Crippen LogP contribution in [0.2, 0.25) is 0 Å². The zero-order valence-corrected chi connectivity index (χ0v) is 13.1. The van der Waals surface area contributed by atoms with Gasteiger partial charge in [-0.05, 0) is 6.92 Å². The Morgan fingerprint density at radius 1 is 1.53 bits per heavy atom. The van der Waals surface area contributed by atoms with Gasteiger partial charge in [0.15, 0.2) is 5.03 Å². The topological polar surface area (TPSA) is 101 Å². The molecule has 0 saturated carbocycles. The summed E-state index contributed by atoms with van der Waals surface area (Å²) in [5, 5.41) is 6.89. The van der Waals surface area contributed by atoms with E-state index < -0.39 is 10.0 Å². The lowest BCUT2D eigenvalue weighted by atomic mass is 10.3. The van der Waals surface area contributed by atoms with E-state index in [1.165, 1.54) is 0 Å². The van der Waals surface area contributed by atoms with Gasteiger partial charge in [-0.2, -0.15) is 28.6 Å². The molecule has 1 atom stereocenters. The van der Waals surface area contributed by atoms with Crippen LogP contribution in [0.5, 0.6) is 0 Å². The summed E-state index contributed by atoms with van der Waals surface area (Å²) in [6.07, 6.45) is 0. The number of nitrogens with one attached hydrogen (secondary N) is 2. The molecule has 1 saturated heterocycles. The van der Waals surface area contributed by atoms with Crippen LogP contribution in [-0.2, 0) is 16.6 Å². The van der Waals surface area contributed by atoms with E-state index in [-0.39, 0.29) is 11.6 Å². The summed E-state index contributed by atoms with van der Waals surface area (Å²) in [6.45, 7) is 2.37. The number of nitrogens with two attached hydrogens (primary N) is 1. The summed E-state index contributed by atoms with van der Waals surface area (Å²) >= 11 is 3.68.